The van der Waals surface area contributed by atoms with Gasteiger partial charge in [-0.15, -0.1) is 11.6 Å². The van der Waals surface area contributed by atoms with Gasteiger partial charge in [0.15, 0.2) is 0 Å². The second-order valence-electron chi connectivity index (χ2n) is 4.13. The van der Waals surface area contributed by atoms with Crippen LogP contribution in [0.25, 0.3) is 0 Å². The first-order chi connectivity index (χ1) is 7.85. The summed E-state index contributed by atoms with van der Waals surface area (Å²) in [7, 11) is 0. The number of halogens is 1. The highest BCUT2D eigenvalue weighted by atomic mass is 35.5. The molecular formula is C13H18ClNO. The van der Waals surface area contributed by atoms with Gasteiger partial charge in [-0.1, -0.05) is 19.1 Å². The van der Waals surface area contributed by atoms with Gasteiger partial charge in [-0.3, -0.25) is 0 Å². The van der Waals surface area contributed by atoms with Crippen LogP contribution in [0.15, 0.2) is 24.3 Å². The lowest BCUT2D eigenvalue weighted by atomic mass is 10.1. The number of nitrogens with zero attached hydrogens (tertiary/aromatic N) is 1. The zero-order valence-corrected chi connectivity index (χ0v) is 10.4. The van der Waals surface area contributed by atoms with Gasteiger partial charge in [0.05, 0.1) is 19.3 Å². The summed E-state index contributed by atoms with van der Waals surface area (Å²) in [6.45, 7) is 4.86. The van der Waals surface area contributed by atoms with Gasteiger partial charge in [0, 0.05) is 18.1 Å². The number of anilines is 1. The van der Waals surface area contributed by atoms with Gasteiger partial charge in [0.1, 0.15) is 0 Å². The number of hydrogen-bond acceptors (Lipinski definition) is 2. The van der Waals surface area contributed by atoms with E-state index in [9.17, 15) is 0 Å². The Bertz CT molecular complexity index is 325. The molecule has 1 fully saturated rings. The molecule has 0 bridgehead atoms. The maximum Gasteiger partial charge on any atom is 0.0670 e. The van der Waals surface area contributed by atoms with Crippen molar-refractivity contribution in [2.75, 3.05) is 24.7 Å². The highest BCUT2D eigenvalue weighted by molar-refractivity contribution is 6.17. The molecule has 1 aromatic rings. The standard InChI is InChI=1S/C13H18ClNO/c1-2-12-10-16-8-7-15(12)13-5-3-11(9-14)4-6-13/h3-6,12H,2,7-10H2,1H3. The highest BCUT2D eigenvalue weighted by Gasteiger charge is 2.21. The first kappa shape index (κ1) is 11.7. The second kappa shape index (κ2) is 5.55. The number of ether oxygens (including phenoxy) is 1. The first-order valence-electron chi connectivity index (χ1n) is 5.84. The molecule has 0 amide bonds. The van der Waals surface area contributed by atoms with Crippen LogP contribution in [0.1, 0.15) is 18.9 Å². The van der Waals surface area contributed by atoms with Gasteiger partial charge in [-0.25, -0.2) is 0 Å². The van der Waals surface area contributed by atoms with Crippen molar-refractivity contribution in [2.45, 2.75) is 25.3 Å². The van der Waals surface area contributed by atoms with E-state index in [-0.39, 0.29) is 0 Å². The van der Waals surface area contributed by atoms with Gasteiger partial charge < -0.3 is 9.64 Å². The lowest BCUT2D eigenvalue weighted by Crippen LogP contribution is -2.45. The molecule has 0 aromatic heterocycles. The molecule has 0 saturated carbocycles. The van der Waals surface area contributed by atoms with Crippen molar-refractivity contribution in [3.8, 4) is 0 Å². The maximum absolute atomic E-state index is 5.79. The Labute approximate surface area is 102 Å². The van der Waals surface area contributed by atoms with E-state index in [0.717, 1.165) is 26.2 Å². The molecule has 2 nitrogen and oxygen atoms in total. The molecule has 0 N–H and O–H groups in total. The molecule has 16 heavy (non-hydrogen) atoms. The van der Waals surface area contributed by atoms with Gasteiger partial charge >= 0.3 is 0 Å². The molecule has 1 aliphatic rings. The van der Waals surface area contributed by atoms with Crippen molar-refractivity contribution in [3.63, 3.8) is 0 Å². The first-order valence-corrected chi connectivity index (χ1v) is 6.38. The van der Waals surface area contributed by atoms with Gasteiger partial charge in [-0.2, -0.15) is 0 Å². The van der Waals surface area contributed by atoms with Gasteiger partial charge in [0.25, 0.3) is 0 Å². The van der Waals surface area contributed by atoms with Crippen molar-refractivity contribution in [3.05, 3.63) is 29.8 Å². The molecule has 0 radical (unpaired) electrons. The molecular weight excluding hydrogens is 222 g/mol. The predicted molar refractivity (Wildman–Crippen MR) is 68.2 cm³/mol. The Hall–Kier alpha value is -0.730. The summed E-state index contributed by atoms with van der Waals surface area (Å²) in [6.07, 6.45) is 1.12. The minimum Gasteiger partial charge on any atom is -0.377 e. The lowest BCUT2D eigenvalue weighted by molar-refractivity contribution is 0.0930. The third-order valence-corrected chi connectivity index (χ3v) is 3.43. The van der Waals surface area contributed by atoms with Crippen LogP contribution < -0.4 is 4.90 Å². The molecule has 88 valence electrons. The van der Waals surface area contributed by atoms with Crippen LogP contribution in [-0.4, -0.2) is 25.8 Å². The summed E-state index contributed by atoms with van der Waals surface area (Å²) >= 11 is 5.79. The summed E-state index contributed by atoms with van der Waals surface area (Å²) in [5.41, 5.74) is 2.45. The van der Waals surface area contributed by atoms with E-state index in [1.165, 1.54) is 11.3 Å². The third kappa shape index (κ3) is 2.50. The minimum absolute atomic E-state index is 0.510. The van der Waals surface area contributed by atoms with Crippen LogP contribution in [0.5, 0.6) is 0 Å². The van der Waals surface area contributed by atoms with Crippen molar-refractivity contribution in [1.29, 1.82) is 0 Å². The molecule has 0 spiro atoms. The maximum atomic E-state index is 5.79. The molecule has 2 rings (SSSR count). The van der Waals surface area contributed by atoms with Crippen molar-refractivity contribution >= 4 is 17.3 Å². The van der Waals surface area contributed by atoms with Crippen LogP contribution in [0, 0.1) is 0 Å². The monoisotopic (exact) mass is 239 g/mol. The fourth-order valence-corrected chi connectivity index (χ4v) is 2.29. The van der Waals surface area contributed by atoms with Crippen molar-refractivity contribution in [1.82, 2.24) is 0 Å². The highest BCUT2D eigenvalue weighted by Crippen LogP contribution is 2.22. The van der Waals surface area contributed by atoms with Crippen LogP contribution >= 0.6 is 11.6 Å². The largest absolute Gasteiger partial charge is 0.377 e. The Morgan fingerprint density at radius 2 is 2.12 bits per heavy atom. The Kier molecular flexibility index (Phi) is 4.08. The predicted octanol–water partition coefficient (Wildman–Crippen LogP) is 3.04. The Balaban J connectivity index is 2.14. The third-order valence-electron chi connectivity index (χ3n) is 3.12. The van der Waals surface area contributed by atoms with E-state index in [2.05, 4.69) is 36.1 Å². The zero-order chi connectivity index (χ0) is 11.4. The number of alkyl halides is 1. The SMILES string of the molecule is CCC1COCCN1c1ccc(CCl)cc1. The molecule has 1 heterocycles. The normalized spacial score (nSPS) is 21.1. The second-order valence-corrected chi connectivity index (χ2v) is 4.40. The van der Waals surface area contributed by atoms with E-state index in [1.54, 1.807) is 0 Å². The summed E-state index contributed by atoms with van der Waals surface area (Å²) in [5.74, 6) is 0.584. The average molecular weight is 240 g/mol. The molecule has 1 unspecified atom stereocenters. The van der Waals surface area contributed by atoms with Gasteiger partial charge in [-0.05, 0) is 24.1 Å². The van der Waals surface area contributed by atoms with Gasteiger partial charge in [0.2, 0.25) is 0 Å². The fourth-order valence-electron chi connectivity index (χ4n) is 2.11. The number of morpholine rings is 1. The smallest absolute Gasteiger partial charge is 0.0670 e. The summed E-state index contributed by atoms with van der Waals surface area (Å²) in [6, 6.07) is 9.03. The lowest BCUT2D eigenvalue weighted by Gasteiger charge is -2.37. The van der Waals surface area contributed by atoms with Crippen LogP contribution in [0.3, 0.4) is 0 Å². The fraction of sp³-hybridized carbons (Fsp3) is 0.538. The molecule has 1 aromatic carbocycles. The molecule has 1 aliphatic heterocycles. The molecule has 1 saturated heterocycles. The van der Waals surface area contributed by atoms with E-state index >= 15 is 0 Å². The summed E-state index contributed by atoms with van der Waals surface area (Å²) < 4.78 is 5.51. The van der Waals surface area contributed by atoms with Crippen molar-refractivity contribution in [2.24, 2.45) is 0 Å². The summed E-state index contributed by atoms with van der Waals surface area (Å²) in [4.78, 5) is 2.43. The van der Waals surface area contributed by atoms with Crippen molar-refractivity contribution < 1.29 is 4.74 Å². The number of benzene rings is 1. The molecule has 0 aliphatic carbocycles. The average Bonchev–Trinajstić information content (AvgIpc) is 2.39. The van der Waals surface area contributed by atoms with Crippen LogP contribution in [0.2, 0.25) is 0 Å². The van der Waals surface area contributed by atoms with E-state index < -0.39 is 0 Å². The van der Waals surface area contributed by atoms with Crippen LogP contribution in [-0.2, 0) is 10.6 Å². The van der Waals surface area contributed by atoms with E-state index in [4.69, 9.17) is 16.3 Å². The van der Waals surface area contributed by atoms with E-state index in [1.807, 2.05) is 0 Å². The topological polar surface area (TPSA) is 12.5 Å². The Morgan fingerprint density at radius 3 is 2.75 bits per heavy atom. The zero-order valence-electron chi connectivity index (χ0n) is 9.66. The molecule has 3 heteroatoms. The molecule has 1 atom stereocenters. The Morgan fingerprint density at radius 1 is 1.38 bits per heavy atom. The quantitative estimate of drug-likeness (QED) is 0.752. The number of rotatable bonds is 3. The minimum atomic E-state index is 0.510. The summed E-state index contributed by atoms with van der Waals surface area (Å²) in [5, 5.41) is 0. The van der Waals surface area contributed by atoms with E-state index in [0.29, 0.717) is 11.9 Å². The van der Waals surface area contributed by atoms with Crippen LogP contribution in [0.4, 0.5) is 5.69 Å². The number of hydrogen-bond donors (Lipinski definition) is 0.